The number of phosphoric acid groups is 1. The monoisotopic (exact) mass is 1120 g/mol. The number of likely N-dealkylation sites (N-methyl/N-ethyl adjacent to an activating group) is 1. The SMILES string of the molecule is CC/C=C\C/C=C\C/C=C\C/C=C\C/C=C\C/C=C\CCC(=O)OC(/C=C\CCCCCCCCCCC)C(COP(=O)([O-])OCC[N+](C)(C)C)NC(=O)CCCCCCCCCCCCCCC/C=C/CCCCCCCC. The van der Waals surface area contributed by atoms with Gasteiger partial charge in [0.15, 0.2) is 0 Å². The van der Waals surface area contributed by atoms with Crippen molar-refractivity contribution in [3.63, 3.8) is 0 Å². The van der Waals surface area contributed by atoms with Gasteiger partial charge in [-0.25, -0.2) is 0 Å². The Hall–Kier alpha value is -3.07. The van der Waals surface area contributed by atoms with Gasteiger partial charge in [-0.2, -0.15) is 0 Å². The lowest BCUT2D eigenvalue weighted by Crippen LogP contribution is -2.47. The third kappa shape index (κ3) is 59.4. The summed E-state index contributed by atoms with van der Waals surface area (Å²) in [4.78, 5) is 40.0. The smallest absolute Gasteiger partial charge is 0.306 e. The Kier molecular flexibility index (Phi) is 55.9. The zero-order valence-electron chi connectivity index (χ0n) is 52.1. The molecule has 0 spiro atoms. The molecule has 3 unspecified atom stereocenters. The Balaban J connectivity index is 5.22. The van der Waals surface area contributed by atoms with Gasteiger partial charge >= 0.3 is 5.97 Å². The number of quaternary nitrogens is 1. The van der Waals surface area contributed by atoms with Gasteiger partial charge in [0.05, 0.1) is 33.8 Å². The summed E-state index contributed by atoms with van der Waals surface area (Å²) in [6.07, 6.45) is 78.3. The summed E-state index contributed by atoms with van der Waals surface area (Å²) in [7, 11) is 1.14. The fraction of sp³-hybridized carbons (Fsp3) is 0.739. The lowest BCUT2D eigenvalue weighted by atomic mass is 10.0. The first-order valence-electron chi connectivity index (χ1n) is 32.5. The van der Waals surface area contributed by atoms with Crippen LogP contribution in [0.25, 0.3) is 0 Å². The maximum atomic E-state index is 13.5. The summed E-state index contributed by atoms with van der Waals surface area (Å²) in [5.74, 6) is -0.639. The zero-order chi connectivity index (χ0) is 57.9. The van der Waals surface area contributed by atoms with E-state index in [1.807, 2.05) is 39.4 Å². The van der Waals surface area contributed by atoms with E-state index in [-0.39, 0.29) is 18.9 Å². The van der Waals surface area contributed by atoms with Crippen molar-refractivity contribution in [1.82, 2.24) is 5.32 Å². The first kappa shape index (κ1) is 75.9. The van der Waals surface area contributed by atoms with Crippen LogP contribution in [0.4, 0.5) is 0 Å². The maximum absolute atomic E-state index is 13.5. The van der Waals surface area contributed by atoms with E-state index in [4.69, 9.17) is 13.8 Å². The predicted molar refractivity (Wildman–Crippen MR) is 339 cm³/mol. The van der Waals surface area contributed by atoms with E-state index >= 15 is 0 Å². The second-order valence-corrected chi connectivity index (χ2v) is 24.3. The van der Waals surface area contributed by atoms with Gasteiger partial charge in [0.25, 0.3) is 7.82 Å². The van der Waals surface area contributed by atoms with Gasteiger partial charge in [0.2, 0.25) is 5.91 Å². The van der Waals surface area contributed by atoms with Crippen LogP contribution in [0.1, 0.15) is 278 Å². The van der Waals surface area contributed by atoms with Gasteiger partial charge in [-0.3, -0.25) is 14.2 Å². The number of allylic oxidation sites excluding steroid dienone is 15. The topological polar surface area (TPSA) is 114 Å². The molecule has 1 amide bonds. The minimum Gasteiger partial charge on any atom is -0.756 e. The van der Waals surface area contributed by atoms with E-state index in [2.05, 4.69) is 99.0 Å². The third-order valence-electron chi connectivity index (χ3n) is 14.0. The van der Waals surface area contributed by atoms with Crippen LogP contribution in [0.5, 0.6) is 0 Å². The number of carbonyl (C=O) groups excluding carboxylic acids is 2. The van der Waals surface area contributed by atoms with E-state index in [9.17, 15) is 19.0 Å². The summed E-state index contributed by atoms with van der Waals surface area (Å²) < 4.78 is 30.3. The van der Waals surface area contributed by atoms with Gasteiger partial charge in [0.1, 0.15) is 19.3 Å². The molecule has 0 saturated heterocycles. The van der Waals surface area contributed by atoms with Crippen LogP contribution in [0.15, 0.2) is 97.2 Å². The molecular formula is C69H123N2O7P. The Morgan fingerprint density at radius 1 is 0.456 bits per heavy atom. The third-order valence-corrected chi connectivity index (χ3v) is 15.0. The molecule has 0 fully saturated rings. The molecule has 0 aromatic rings. The summed E-state index contributed by atoms with van der Waals surface area (Å²) in [6.45, 7) is 6.68. The number of hydrogen-bond donors (Lipinski definition) is 1. The molecule has 3 atom stereocenters. The highest BCUT2D eigenvalue weighted by Gasteiger charge is 2.27. The number of rotatable bonds is 58. The van der Waals surface area contributed by atoms with Crippen molar-refractivity contribution < 1.29 is 37.3 Å². The molecule has 0 rings (SSSR count). The molecule has 79 heavy (non-hydrogen) atoms. The standard InChI is InChI=1S/C69H123N2O7P/c1-7-10-13-16-19-22-25-27-29-31-33-34-35-36-38-39-41-43-46-49-52-55-58-61-68(72)70-66(65-77-79(74,75)76-64-63-71(4,5)6)67(60-57-54-51-48-45-24-21-18-15-12-9-3)78-69(73)62-59-56-53-50-47-44-42-40-37-32-30-28-26-23-20-17-14-11-8-2/h11,14,20,23,27-30,37,40,44,47,53,56-57,60,66-67H,7-10,12-13,15-19,21-22,24-26,31-36,38-39,41-43,45-46,48-52,54-55,58-59,61-65H2,1-6H3,(H-,70,72,74,75)/b14-11-,23-20-,29-27+,30-28-,40-37-,47-44-,56-53-,60-57-. The summed E-state index contributed by atoms with van der Waals surface area (Å²) >= 11 is 0. The number of unbranched alkanes of at least 4 members (excludes halogenated alkanes) is 28. The molecule has 0 saturated carbocycles. The highest BCUT2D eigenvalue weighted by Crippen LogP contribution is 2.38. The fourth-order valence-corrected chi connectivity index (χ4v) is 9.74. The molecular weight excluding hydrogens is 1000 g/mol. The van der Waals surface area contributed by atoms with Gasteiger partial charge in [-0.1, -0.05) is 266 Å². The van der Waals surface area contributed by atoms with Gasteiger partial charge < -0.3 is 28.5 Å². The first-order chi connectivity index (χ1) is 38.4. The van der Waals surface area contributed by atoms with Crippen molar-refractivity contribution in [2.75, 3.05) is 40.9 Å². The maximum Gasteiger partial charge on any atom is 0.306 e. The van der Waals surface area contributed by atoms with Gasteiger partial charge in [0, 0.05) is 12.8 Å². The lowest BCUT2D eigenvalue weighted by molar-refractivity contribution is -0.870. The lowest BCUT2D eigenvalue weighted by Gasteiger charge is -2.30. The average Bonchev–Trinajstić information content (AvgIpc) is 3.41. The van der Waals surface area contributed by atoms with Crippen LogP contribution in [-0.2, 0) is 27.9 Å². The van der Waals surface area contributed by atoms with Crippen LogP contribution in [0, 0.1) is 0 Å². The normalized spacial score (nSPS) is 14.3. The first-order valence-corrected chi connectivity index (χ1v) is 34.0. The molecule has 0 bridgehead atoms. The number of nitrogens with one attached hydrogen (secondary N) is 1. The van der Waals surface area contributed by atoms with Crippen molar-refractivity contribution in [3.05, 3.63) is 97.2 Å². The molecule has 0 aromatic heterocycles. The Bertz CT molecular complexity index is 1670. The van der Waals surface area contributed by atoms with Crippen LogP contribution in [0.3, 0.4) is 0 Å². The molecule has 0 radical (unpaired) electrons. The van der Waals surface area contributed by atoms with Crippen LogP contribution < -0.4 is 10.2 Å². The summed E-state index contributed by atoms with van der Waals surface area (Å²) in [5, 5.41) is 3.01. The molecule has 0 heterocycles. The molecule has 0 aliphatic rings. The number of phosphoric ester groups is 1. The fourth-order valence-electron chi connectivity index (χ4n) is 9.01. The molecule has 0 aliphatic carbocycles. The van der Waals surface area contributed by atoms with E-state index in [0.29, 0.717) is 23.9 Å². The second-order valence-electron chi connectivity index (χ2n) is 22.9. The minimum absolute atomic E-state index is 0.0369. The Labute approximate surface area is 488 Å². The number of amides is 1. The van der Waals surface area contributed by atoms with Gasteiger partial charge in [-0.05, 0) is 96.0 Å². The van der Waals surface area contributed by atoms with Crippen molar-refractivity contribution in [3.8, 4) is 0 Å². The predicted octanol–water partition coefficient (Wildman–Crippen LogP) is 19.7. The molecule has 0 aromatic carbocycles. The number of carbonyl (C=O) groups is 2. The Morgan fingerprint density at radius 2 is 0.823 bits per heavy atom. The highest BCUT2D eigenvalue weighted by molar-refractivity contribution is 7.45. The second kappa shape index (κ2) is 58.1. The van der Waals surface area contributed by atoms with Gasteiger partial charge in [-0.15, -0.1) is 0 Å². The van der Waals surface area contributed by atoms with Crippen LogP contribution in [0.2, 0.25) is 0 Å². The van der Waals surface area contributed by atoms with Crippen molar-refractivity contribution in [2.24, 2.45) is 0 Å². The number of ether oxygens (including phenoxy) is 1. The number of hydrogen-bond acceptors (Lipinski definition) is 7. The number of esters is 1. The molecule has 0 aliphatic heterocycles. The largest absolute Gasteiger partial charge is 0.756 e. The summed E-state index contributed by atoms with van der Waals surface area (Å²) in [5.41, 5.74) is 0. The summed E-state index contributed by atoms with van der Waals surface area (Å²) in [6, 6.07) is -0.923. The highest BCUT2D eigenvalue weighted by atomic mass is 31.2. The van der Waals surface area contributed by atoms with Crippen molar-refractivity contribution in [2.45, 2.75) is 290 Å². The van der Waals surface area contributed by atoms with Crippen molar-refractivity contribution in [1.29, 1.82) is 0 Å². The van der Waals surface area contributed by atoms with E-state index in [1.54, 1.807) is 6.08 Å². The van der Waals surface area contributed by atoms with Crippen LogP contribution in [-0.4, -0.2) is 69.4 Å². The van der Waals surface area contributed by atoms with Crippen molar-refractivity contribution >= 4 is 19.7 Å². The van der Waals surface area contributed by atoms with E-state index in [0.717, 1.165) is 83.5 Å². The average molecular weight is 1120 g/mol. The zero-order valence-corrected chi connectivity index (χ0v) is 52.9. The quantitative estimate of drug-likeness (QED) is 0.0212. The molecule has 456 valence electrons. The minimum atomic E-state index is -4.72. The van der Waals surface area contributed by atoms with Crippen LogP contribution >= 0.6 is 7.82 Å². The van der Waals surface area contributed by atoms with E-state index < -0.39 is 32.5 Å². The molecule has 10 heteroatoms. The Morgan fingerprint density at radius 3 is 1.24 bits per heavy atom. The van der Waals surface area contributed by atoms with E-state index in [1.165, 1.54) is 154 Å². The number of nitrogens with zero attached hydrogens (tertiary/aromatic N) is 1. The molecule has 1 N–H and O–H groups in total. The molecule has 9 nitrogen and oxygen atoms in total.